The van der Waals surface area contributed by atoms with Crippen molar-refractivity contribution in [2.45, 2.75) is 128 Å². The van der Waals surface area contributed by atoms with Gasteiger partial charge in [-0.2, -0.15) is 0 Å². The summed E-state index contributed by atoms with van der Waals surface area (Å²) in [5.41, 5.74) is 4.79. The molecule has 7 heteroatoms. The summed E-state index contributed by atoms with van der Waals surface area (Å²) in [6.45, 7) is 2.88. The van der Waals surface area contributed by atoms with Crippen molar-refractivity contribution in [3.05, 3.63) is 12.2 Å². The predicted molar refractivity (Wildman–Crippen MR) is 135 cm³/mol. The third-order valence-corrected chi connectivity index (χ3v) is 5.71. The van der Waals surface area contributed by atoms with Crippen molar-refractivity contribution in [1.82, 2.24) is 10.6 Å². The van der Waals surface area contributed by atoms with Gasteiger partial charge in [0.2, 0.25) is 5.91 Å². The molecule has 0 bridgehead atoms. The summed E-state index contributed by atoms with van der Waals surface area (Å²) in [4.78, 5) is 23.4. The van der Waals surface area contributed by atoms with Crippen molar-refractivity contribution >= 4 is 23.5 Å². The van der Waals surface area contributed by atoms with Gasteiger partial charge in [-0.15, -0.1) is 0 Å². The summed E-state index contributed by atoms with van der Waals surface area (Å²) < 4.78 is 0. The van der Waals surface area contributed by atoms with Crippen molar-refractivity contribution in [3.8, 4) is 0 Å². The van der Waals surface area contributed by atoms with E-state index >= 15 is 0 Å². The molecule has 2 atom stereocenters. The number of alkyl halides is 1. The molecule has 0 aromatic rings. The average Bonchev–Trinajstić information content (AvgIpc) is 2.75. The first-order chi connectivity index (χ1) is 15.5. The van der Waals surface area contributed by atoms with Gasteiger partial charge in [0, 0.05) is 6.42 Å². The molecule has 0 heterocycles. The number of carbonyl (C=O) groups excluding carboxylic acids is 1. The first-order valence-electron chi connectivity index (χ1n) is 12.8. The number of carboxylic acids is 1. The summed E-state index contributed by atoms with van der Waals surface area (Å²) >= 11 is 5.59. The zero-order chi connectivity index (χ0) is 23.9. The monoisotopic (exact) mass is 473 g/mol. The van der Waals surface area contributed by atoms with Crippen LogP contribution in [0.15, 0.2) is 12.2 Å². The molecule has 188 valence electrons. The smallest absolute Gasteiger partial charge is 0.326 e. The summed E-state index contributed by atoms with van der Waals surface area (Å²) in [5, 5.41) is 14.8. The number of halogens is 1. The molecule has 0 aromatic carbocycles. The fourth-order valence-corrected chi connectivity index (χ4v) is 3.70. The quantitative estimate of drug-likeness (QED) is 0.0490. The van der Waals surface area contributed by atoms with E-state index in [1.807, 2.05) is 0 Å². The summed E-state index contributed by atoms with van der Waals surface area (Å²) in [6, 6.07) is -0.824. The number of amides is 1. The molecule has 0 aromatic heterocycles. The fourth-order valence-electron chi connectivity index (χ4n) is 3.59. The van der Waals surface area contributed by atoms with Crippen molar-refractivity contribution in [2.75, 3.05) is 6.54 Å². The number of carboxylic acid groups (broad SMARTS) is 1. The molecule has 0 saturated heterocycles. The van der Waals surface area contributed by atoms with Crippen LogP contribution in [0.1, 0.15) is 116 Å². The molecule has 6 nitrogen and oxygen atoms in total. The number of carbonyl (C=O) groups is 2. The van der Waals surface area contributed by atoms with Crippen molar-refractivity contribution < 1.29 is 14.7 Å². The van der Waals surface area contributed by atoms with Gasteiger partial charge in [-0.25, -0.2) is 4.79 Å². The number of unbranched alkanes of at least 4 members (excludes halogenated alkanes) is 12. The van der Waals surface area contributed by atoms with Gasteiger partial charge in [0.15, 0.2) is 0 Å². The lowest BCUT2D eigenvalue weighted by Crippen LogP contribution is -2.40. The first kappa shape index (κ1) is 30.9. The topological polar surface area (TPSA) is 104 Å². The molecule has 0 fully saturated rings. The Bertz CT molecular complexity index is 487. The SMILES string of the molecule is CCCCCCCC/C=C\CCCCCCCC(=O)N[C@@H](CCCCNC(N)Cl)C(=O)O. The lowest BCUT2D eigenvalue weighted by atomic mass is 10.1. The second-order valence-electron chi connectivity index (χ2n) is 8.64. The van der Waals surface area contributed by atoms with Gasteiger partial charge in [0.1, 0.15) is 11.7 Å². The van der Waals surface area contributed by atoms with E-state index in [4.69, 9.17) is 17.3 Å². The van der Waals surface area contributed by atoms with Crippen molar-refractivity contribution in [3.63, 3.8) is 0 Å². The largest absolute Gasteiger partial charge is 0.480 e. The standard InChI is InChI=1S/C25H48ClN3O3/c1-2-3-4-5-6-7-8-9-10-11-12-13-14-15-16-20-23(30)29-22(24(31)32)19-17-18-21-28-25(26)27/h9-10,22,25,28H,2-8,11-21,27H2,1H3,(H,29,30)(H,31,32)/b10-9-/t22-,25?/m0/s1. The Morgan fingerprint density at radius 1 is 0.875 bits per heavy atom. The minimum absolute atomic E-state index is 0.170. The van der Waals surface area contributed by atoms with Crippen LogP contribution in [0.3, 0.4) is 0 Å². The third-order valence-electron chi connectivity index (χ3n) is 5.56. The third kappa shape index (κ3) is 22.1. The predicted octanol–water partition coefficient (Wildman–Crippen LogP) is 5.83. The first-order valence-corrected chi connectivity index (χ1v) is 13.2. The van der Waals surface area contributed by atoms with Gasteiger partial charge in [-0.05, 0) is 57.9 Å². The molecule has 1 amide bonds. The Hall–Kier alpha value is -1.11. The summed E-state index contributed by atoms with van der Waals surface area (Å²) in [5.74, 6) is -1.15. The number of hydrogen-bond acceptors (Lipinski definition) is 4. The molecule has 5 N–H and O–H groups in total. The maximum Gasteiger partial charge on any atom is 0.326 e. The van der Waals surface area contributed by atoms with Crippen LogP contribution in [0.4, 0.5) is 0 Å². The molecule has 0 aliphatic heterocycles. The zero-order valence-electron chi connectivity index (χ0n) is 20.3. The number of nitrogens with two attached hydrogens (primary N) is 1. The molecule has 0 rings (SSSR count). The number of nitrogens with one attached hydrogen (secondary N) is 2. The second kappa shape index (κ2) is 23.1. The summed E-state index contributed by atoms with van der Waals surface area (Å²) in [7, 11) is 0. The van der Waals surface area contributed by atoms with Crippen LogP contribution in [0.25, 0.3) is 0 Å². The zero-order valence-corrected chi connectivity index (χ0v) is 21.0. The average molecular weight is 474 g/mol. The minimum Gasteiger partial charge on any atom is -0.480 e. The summed E-state index contributed by atoms with van der Waals surface area (Å²) in [6.07, 6.45) is 22.6. The van der Waals surface area contributed by atoms with E-state index in [1.54, 1.807) is 0 Å². The van der Waals surface area contributed by atoms with Crippen LogP contribution in [0.5, 0.6) is 0 Å². The molecular weight excluding hydrogens is 426 g/mol. The van der Waals surface area contributed by atoms with Gasteiger partial charge in [0.05, 0.1) is 0 Å². The highest BCUT2D eigenvalue weighted by molar-refractivity contribution is 6.19. The lowest BCUT2D eigenvalue weighted by Gasteiger charge is -2.14. The fraction of sp³-hybridized carbons (Fsp3) is 0.840. The van der Waals surface area contributed by atoms with E-state index in [0.29, 0.717) is 25.8 Å². The number of allylic oxidation sites excluding steroid dienone is 2. The maximum absolute atomic E-state index is 12.0. The van der Waals surface area contributed by atoms with E-state index < -0.39 is 17.6 Å². The van der Waals surface area contributed by atoms with Gasteiger partial charge in [0.25, 0.3) is 0 Å². The molecule has 0 aliphatic rings. The van der Waals surface area contributed by atoms with Gasteiger partial charge < -0.3 is 16.2 Å². The van der Waals surface area contributed by atoms with Crippen molar-refractivity contribution in [1.29, 1.82) is 0 Å². The van der Waals surface area contributed by atoms with Crippen LogP contribution in [-0.2, 0) is 9.59 Å². The van der Waals surface area contributed by atoms with E-state index in [9.17, 15) is 14.7 Å². The van der Waals surface area contributed by atoms with Crippen LogP contribution >= 0.6 is 11.6 Å². The molecule has 32 heavy (non-hydrogen) atoms. The van der Waals surface area contributed by atoms with Gasteiger partial charge >= 0.3 is 5.97 Å². The molecule has 0 saturated carbocycles. The number of aliphatic carboxylic acids is 1. The highest BCUT2D eigenvalue weighted by Crippen LogP contribution is 2.10. The highest BCUT2D eigenvalue weighted by Gasteiger charge is 2.19. The molecule has 0 aliphatic carbocycles. The van der Waals surface area contributed by atoms with Crippen LogP contribution in [0, 0.1) is 0 Å². The molecule has 0 spiro atoms. The normalized spacial score (nSPS) is 13.3. The highest BCUT2D eigenvalue weighted by atomic mass is 35.5. The Labute approximate surface area is 201 Å². The molecule has 0 radical (unpaired) electrons. The number of rotatable bonds is 23. The Kier molecular flexibility index (Phi) is 22.3. The van der Waals surface area contributed by atoms with Crippen LogP contribution < -0.4 is 16.4 Å². The Balaban J connectivity index is 3.60. The molecule has 1 unspecified atom stereocenters. The minimum atomic E-state index is -0.982. The lowest BCUT2D eigenvalue weighted by molar-refractivity contribution is -0.142. The van der Waals surface area contributed by atoms with Gasteiger partial charge in [-0.3, -0.25) is 10.1 Å². The maximum atomic E-state index is 12.0. The van der Waals surface area contributed by atoms with E-state index in [-0.39, 0.29) is 5.91 Å². The van der Waals surface area contributed by atoms with Crippen LogP contribution in [-0.4, -0.2) is 35.2 Å². The molecular formula is C25H48ClN3O3. The van der Waals surface area contributed by atoms with E-state index in [2.05, 4.69) is 29.7 Å². The van der Waals surface area contributed by atoms with Gasteiger partial charge in [-0.1, -0.05) is 82.0 Å². The Morgan fingerprint density at radius 3 is 2.00 bits per heavy atom. The number of hydrogen-bond donors (Lipinski definition) is 4. The van der Waals surface area contributed by atoms with E-state index in [1.165, 1.54) is 57.8 Å². The van der Waals surface area contributed by atoms with Crippen LogP contribution in [0.2, 0.25) is 0 Å². The second-order valence-corrected chi connectivity index (χ2v) is 9.11. The Morgan fingerprint density at radius 2 is 1.44 bits per heavy atom. The van der Waals surface area contributed by atoms with Crippen molar-refractivity contribution in [2.24, 2.45) is 5.73 Å². The van der Waals surface area contributed by atoms with E-state index in [0.717, 1.165) is 32.1 Å².